The lowest BCUT2D eigenvalue weighted by Gasteiger charge is -2.16. The van der Waals surface area contributed by atoms with E-state index in [4.69, 9.17) is 4.74 Å². The van der Waals surface area contributed by atoms with E-state index in [1.807, 2.05) is 44.1 Å². The summed E-state index contributed by atoms with van der Waals surface area (Å²) in [6.07, 6.45) is 3.16. The van der Waals surface area contributed by atoms with Gasteiger partial charge in [0.2, 0.25) is 0 Å². The Balaban J connectivity index is 1.91. The van der Waals surface area contributed by atoms with Crippen LogP contribution in [-0.4, -0.2) is 44.9 Å². The summed E-state index contributed by atoms with van der Waals surface area (Å²) in [5, 5.41) is 4.42. The van der Waals surface area contributed by atoms with E-state index >= 15 is 0 Å². The number of fused-ring (bicyclic) bond motifs is 1. The first kappa shape index (κ1) is 16.9. The van der Waals surface area contributed by atoms with Crippen LogP contribution in [0.25, 0.3) is 5.78 Å². The van der Waals surface area contributed by atoms with Gasteiger partial charge in [-0.15, -0.1) is 5.10 Å². The lowest BCUT2D eigenvalue weighted by molar-refractivity contribution is 0.218. The Kier molecular flexibility index (Phi) is 4.65. The van der Waals surface area contributed by atoms with E-state index in [9.17, 15) is 0 Å². The highest BCUT2D eigenvalue weighted by Gasteiger charge is 2.15. The van der Waals surface area contributed by atoms with Gasteiger partial charge in [-0.25, -0.2) is 9.98 Å². The molecule has 0 N–H and O–H groups in total. The van der Waals surface area contributed by atoms with E-state index in [1.54, 1.807) is 17.1 Å². The predicted molar refractivity (Wildman–Crippen MR) is 97.6 cm³/mol. The van der Waals surface area contributed by atoms with Crippen LogP contribution in [-0.2, 0) is 0 Å². The molecular weight excluding hydrogens is 316 g/mol. The van der Waals surface area contributed by atoms with Gasteiger partial charge in [-0.1, -0.05) is 6.07 Å². The SMILES string of the molecule is Cc1cc(C)cc(O[C@@H](C)c2ccnc3nc(N=CN(C)C)nn23)c1. The zero-order valence-electron chi connectivity index (χ0n) is 15.1. The first-order chi connectivity index (χ1) is 11.9. The zero-order chi connectivity index (χ0) is 18.0. The van der Waals surface area contributed by atoms with Crippen LogP contribution in [0.4, 0.5) is 5.95 Å². The summed E-state index contributed by atoms with van der Waals surface area (Å²) >= 11 is 0. The largest absolute Gasteiger partial charge is 0.484 e. The summed E-state index contributed by atoms with van der Waals surface area (Å²) in [7, 11) is 3.78. The molecular formula is C18H22N6O. The van der Waals surface area contributed by atoms with Gasteiger partial charge in [0.15, 0.2) is 0 Å². The lowest BCUT2D eigenvalue weighted by Crippen LogP contribution is -2.10. The number of aliphatic imine (C=N–C) groups is 1. The smallest absolute Gasteiger partial charge is 0.272 e. The molecule has 0 saturated carbocycles. The van der Waals surface area contributed by atoms with Gasteiger partial charge in [0.25, 0.3) is 11.7 Å². The van der Waals surface area contributed by atoms with Crippen molar-refractivity contribution in [2.45, 2.75) is 26.9 Å². The van der Waals surface area contributed by atoms with Gasteiger partial charge in [-0.3, -0.25) is 0 Å². The topological polar surface area (TPSA) is 67.9 Å². The molecule has 0 aliphatic carbocycles. The van der Waals surface area contributed by atoms with Gasteiger partial charge in [0, 0.05) is 20.3 Å². The van der Waals surface area contributed by atoms with Crippen molar-refractivity contribution in [2.75, 3.05) is 14.1 Å². The fourth-order valence-corrected chi connectivity index (χ4v) is 2.60. The summed E-state index contributed by atoms with van der Waals surface area (Å²) < 4.78 is 7.79. The van der Waals surface area contributed by atoms with Crippen LogP contribution in [0.2, 0.25) is 0 Å². The van der Waals surface area contributed by atoms with Crippen molar-refractivity contribution in [1.82, 2.24) is 24.5 Å². The van der Waals surface area contributed by atoms with Crippen LogP contribution in [0.1, 0.15) is 29.8 Å². The summed E-state index contributed by atoms with van der Waals surface area (Å²) in [6.45, 7) is 6.10. The third kappa shape index (κ3) is 3.93. The second kappa shape index (κ2) is 6.88. The first-order valence-electron chi connectivity index (χ1n) is 8.09. The molecule has 0 bridgehead atoms. The molecule has 1 atom stereocenters. The predicted octanol–water partition coefficient (Wildman–Crippen LogP) is 3.10. The van der Waals surface area contributed by atoms with Crippen LogP contribution >= 0.6 is 0 Å². The van der Waals surface area contributed by atoms with Crippen molar-refractivity contribution < 1.29 is 4.74 Å². The van der Waals surface area contributed by atoms with Crippen LogP contribution in [0.5, 0.6) is 5.75 Å². The standard InChI is InChI=1S/C18H22N6O/c1-12-8-13(2)10-15(9-12)25-14(3)16-6-7-19-18-21-17(22-24(16)18)20-11-23(4)5/h6-11,14H,1-5H3/t14-/m0/s1. The Labute approximate surface area is 147 Å². The quantitative estimate of drug-likeness (QED) is 0.528. The second-order valence-corrected chi connectivity index (χ2v) is 6.28. The molecule has 0 radical (unpaired) electrons. The Morgan fingerprint density at radius 2 is 1.92 bits per heavy atom. The number of benzene rings is 1. The number of hydrogen-bond donors (Lipinski definition) is 0. The number of aryl methyl sites for hydroxylation is 2. The zero-order valence-corrected chi connectivity index (χ0v) is 15.1. The van der Waals surface area contributed by atoms with Crippen molar-refractivity contribution >= 4 is 18.1 Å². The molecule has 25 heavy (non-hydrogen) atoms. The van der Waals surface area contributed by atoms with E-state index in [2.05, 4.69) is 40.0 Å². The van der Waals surface area contributed by atoms with Crippen LogP contribution < -0.4 is 4.74 Å². The van der Waals surface area contributed by atoms with E-state index < -0.39 is 0 Å². The maximum Gasteiger partial charge on any atom is 0.272 e. The number of rotatable bonds is 5. The fraction of sp³-hybridized carbons (Fsp3) is 0.333. The summed E-state index contributed by atoms with van der Waals surface area (Å²) in [5.41, 5.74) is 3.20. The molecule has 7 nitrogen and oxygen atoms in total. The van der Waals surface area contributed by atoms with Gasteiger partial charge in [0.05, 0.1) is 12.0 Å². The molecule has 3 rings (SSSR count). The maximum atomic E-state index is 6.11. The Bertz CT molecular complexity index is 895. The molecule has 0 spiro atoms. The second-order valence-electron chi connectivity index (χ2n) is 6.28. The van der Waals surface area contributed by atoms with Crippen molar-refractivity contribution in [3.63, 3.8) is 0 Å². The normalized spacial score (nSPS) is 12.7. The molecule has 0 amide bonds. The van der Waals surface area contributed by atoms with Crippen LogP contribution in [0.15, 0.2) is 35.5 Å². The van der Waals surface area contributed by atoms with Gasteiger partial charge >= 0.3 is 0 Å². The molecule has 2 heterocycles. The minimum absolute atomic E-state index is 0.209. The Morgan fingerprint density at radius 1 is 1.20 bits per heavy atom. The molecule has 0 aliphatic rings. The minimum Gasteiger partial charge on any atom is -0.484 e. The molecule has 0 aliphatic heterocycles. The molecule has 3 aromatic rings. The highest BCUT2D eigenvalue weighted by Crippen LogP contribution is 2.24. The third-order valence-electron chi connectivity index (χ3n) is 3.59. The number of ether oxygens (including phenoxy) is 1. The van der Waals surface area contributed by atoms with E-state index in [0.29, 0.717) is 11.7 Å². The van der Waals surface area contributed by atoms with Gasteiger partial charge in [-0.2, -0.15) is 9.50 Å². The number of nitrogens with zero attached hydrogens (tertiary/aromatic N) is 6. The van der Waals surface area contributed by atoms with Crippen molar-refractivity contribution in [3.8, 4) is 5.75 Å². The first-order valence-corrected chi connectivity index (χ1v) is 8.09. The Hall–Kier alpha value is -2.96. The highest BCUT2D eigenvalue weighted by molar-refractivity contribution is 5.58. The average Bonchev–Trinajstić information content (AvgIpc) is 2.94. The van der Waals surface area contributed by atoms with Gasteiger partial charge < -0.3 is 9.64 Å². The number of aromatic nitrogens is 4. The van der Waals surface area contributed by atoms with Crippen molar-refractivity contribution in [3.05, 3.63) is 47.3 Å². The number of hydrogen-bond acceptors (Lipinski definition) is 5. The van der Waals surface area contributed by atoms with Gasteiger partial charge in [-0.05, 0) is 50.1 Å². The molecule has 2 aromatic heterocycles. The summed E-state index contributed by atoms with van der Waals surface area (Å²) in [4.78, 5) is 14.6. The highest BCUT2D eigenvalue weighted by atomic mass is 16.5. The van der Waals surface area contributed by atoms with Crippen molar-refractivity contribution in [1.29, 1.82) is 0 Å². The maximum absolute atomic E-state index is 6.11. The van der Waals surface area contributed by atoms with E-state index in [0.717, 1.165) is 11.4 Å². The summed E-state index contributed by atoms with van der Waals surface area (Å²) in [6, 6.07) is 8.05. The van der Waals surface area contributed by atoms with E-state index in [1.165, 1.54) is 11.1 Å². The fourth-order valence-electron chi connectivity index (χ4n) is 2.60. The van der Waals surface area contributed by atoms with Crippen LogP contribution in [0, 0.1) is 13.8 Å². The summed E-state index contributed by atoms with van der Waals surface area (Å²) in [5.74, 6) is 1.70. The lowest BCUT2D eigenvalue weighted by atomic mass is 10.1. The molecule has 0 saturated heterocycles. The minimum atomic E-state index is -0.209. The van der Waals surface area contributed by atoms with Crippen molar-refractivity contribution in [2.24, 2.45) is 4.99 Å². The van der Waals surface area contributed by atoms with Gasteiger partial charge in [0.1, 0.15) is 11.9 Å². The molecule has 0 fully saturated rings. The molecule has 130 valence electrons. The van der Waals surface area contributed by atoms with E-state index in [-0.39, 0.29) is 6.10 Å². The average molecular weight is 338 g/mol. The monoisotopic (exact) mass is 338 g/mol. The molecule has 7 heteroatoms. The molecule has 1 aromatic carbocycles. The third-order valence-corrected chi connectivity index (χ3v) is 3.59. The molecule has 0 unspecified atom stereocenters. The Morgan fingerprint density at radius 3 is 2.60 bits per heavy atom. The van der Waals surface area contributed by atoms with Crippen LogP contribution in [0.3, 0.4) is 0 Å².